The Kier molecular flexibility index (Phi) is 63.6. The molecule has 0 rings (SSSR count). The normalized spacial score (nSPS) is 12.3. The third-order valence-electron chi connectivity index (χ3n) is 15.3. The maximum absolute atomic E-state index is 12.9. The first-order chi connectivity index (χ1) is 38.0. The first kappa shape index (κ1) is 74.4. The Morgan fingerprint density at radius 3 is 0.766 bits per heavy atom. The van der Waals surface area contributed by atoms with Gasteiger partial charge in [-0.3, -0.25) is 14.4 Å². The van der Waals surface area contributed by atoms with Gasteiger partial charge >= 0.3 is 17.9 Å². The van der Waals surface area contributed by atoms with Gasteiger partial charge in [-0.1, -0.05) is 313 Å². The minimum atomic E-state index is -0.775. The predicted molar refractivity (Wildman–Crippen MR) is 335 cm³/mol. The average Bonchev–Trinajstić information content (AvgIpc) is 3.43. The highest BCUT2D eigenvalue weighted by atomic mass is 16.6. The second-order valence-electron chi connectivity index (χ2n) is 23.1. The van der Waals surface area contributed by atoms with Crippen LogP contribution in [0.3, 0.4) is 0 Å². The van der Waals surface area contributed by atoms with E-state index in [0.29, 0.717) is 19.3 Å². The SMILES string of the molecule is CCCCC/C=C\CCCCCCCC(=O)OCC(COC(=O)CCCCCCCCCCCCCC/C=C\C/C=C\C/C=C\CCCCCCC)OC(=O)CCCCCCCCCCCCCCCCCCCCCC. The summed E-state index contributed by atoms with van der Waals surface area (Å²) in [5, 5.41) is 0. The Labute approximate surface area is 479 Å². The fourth-order valence-corrected chi connectivity index (χ4v) is 10.2. The fraction of sp³-hybridized carbons (Fsp3) is 0.845. The highest BCUT2D eigenvalue weighted by Gasteiger charge is 2.19. The summed E-state index contributed by atoms with van der Waals surface area (Å²) in [4.78, 5) is 38.3. The Balaban J connectivity index is 4.23. The van der Waals surface area contributed by atoms with Crippen molar-refractivity contribution in [1.82, 2.24) is 0 Å². The Hall–Kier alpha value is -2.63. The third-order valence-corrected chi connectivity index (χ3v) is 15.3. The molecular formula is C71H130O6. The van der Waals surface area contributed by atoms with Crippen molar-refractivity contribution in [3.63, 3.8) is 0 Å². The van der Waals surface area contributed by atoms with Gasteiger partial charge in [0.2, 0.25) is 0 Å². The van der Waals surface area contributed by atoms with Gasteiger partial charge in [-0.15, -0.1) is 0 Å². The minimum Gasteiger partial charge on any atom is -0.462 e. The highest BCUT2D eigenvalue weighted by molar-refractivity contribution is 5.71. The van der Waals surface area contributed by atoms with Gasteiger partial charge in [0, 0.05) is 19.3 Å². The molecule has 77 heavy (non-hydrogen) atoms. The number of unbranched alkanes of at least 4 members (excludes halogenated alkanes) is 44. The molecule has 0 spiro atoms. The molecule has 0 bridgehead atoms. The molecule has 450 valence electrons. The van der Waals surface area contributed by atoms with Crippen LogP contribution in [0.4, 0.5) is 0 Å². The van der Waals surface area contributed by atoms with Crippen molar-refractivity contribution in [1.29, 1.82) is 0 Å². The zero-order valence-electron chi connectivity index (χ0n) is 51.7. The first-order valence-corrected chi connectivity index (χ1v) is 34.1. The van der Waals surface area contributed by atoms with Crippen molar-refractivity contribution in [3.05, 3.63) is 48.6 Å². The summed E-state index contributed by atoms with van der Waals surface area (Å²) in [7, 11) is 0. The number of carbonyl (C=O) groups excluding carboxylic acids is 3. The van der Waals surface area contributed by atoms with Crippen molar-refractivity contribution < 1.29 is 28.6 Å². The number of esters is 3. The molecule has 1 atom stereocenters. The molecule has 0 heterocycles. The number of rotatable bonds is 63. The van der Waals surface area contributed by atoms with E-state index in [4.69, 9.17) is 14.2 Å². The Morgan fingerprint density at radius 2 is 0.468 bits per heavy atom. The van der Waals surface area contributed by atoms with E-state index in [1.165, 1.54) is 250 Å². The van der Waals surface area contributed by atoms with Gasteiger partial charge in [-0.25, -0.2) is 0 Å². The van der Waals surface area contributed by atoms with E-state index in [2.05, 4.69) is 69.4 Å². The molecule has 0 saturated carbocycles. The van der Waals surface area contributed by atoms with Crippen LogP contribution in [-0.4, -0.2) is 37.2 Å². The largest absolute Gasteiger partial charge is 0.462 e. The Bertz CT molecular complexity index is 1330. The van der Waals surface area contributed by atoms with Gasteiger partial charge in [0.25, 0.3) is 0 Å². The van der Waals surface area contributed by atoms with E-state index in [1.54, 1.807) is 0 Å². The molecule has 0 aliphatic carbocycles. The van der Waals surface area contributed by atoms with E-state index in [9.17, 15) is 14.4 Å². The molecular weight excluding hydrogens is 949 g/mol. The standard InChI is InChI=1S/C71H130O6/c1-4-7-10-13-16-19-22-25-27-29-31-33-34-35-36-37-38-39-41-42-44-46-49-52-55-58-61-64-70(73)76-67-68(66-75-69(72)63-60-57-54-51-48-24-21-18-15-12-9-6-3)77-71(74)65-62-59-56-53-50-47-45-43-40-32-30-28-26-23-20-17-14-11-8-5-2/h18,21-22,25,29,31,34-35,68H,4-17,19-20,23-24,26-28,30,32-33,36-67H2,1-3H3/b21-18-,25-22-,31-29-,35-34-. The van der Waals surface area contributed by atoms with Gasteiger partial charge in [-0.2, -0.15) is 0 Å². The molecule has 0 aromatic rings. The van der Waals surface area contributed by atoms with Crippen LogP contribution in [0.5, 0.6) is 0 Å². The fourth-order valence-electron chi connectivity index (χ4n) is 10.2. The molecule has 6 heteroatoms. The van der Waals surface area contributed by atoms with Crippen molar-refractivity contribution in [2.75, 3.05) is 13.2 Å². The molecule has 0 saturated heterocycles. The van der Waals surface area contributed by atoms with E-state index in [0.717, 1.165) is 77.0 Å². The van der Waals surface area contributed by atoms with Crippen molar-refractivity contribution in [2.24, 2.45) is 0 Å². The molecule has 0 aromatic carbocycles. The van der Waals surface area contributed by atoms with Gasteiger partial charge in [-0.05, 0) is 83.5 Å². The summed E-state index contributed by atoms with van der Waals surface area (Å²) in [6.45, 7) is 6.66. The van der Waals surface area contributed by atoms with Gasteiger partial charge in [0.05, 0.1) is 0 Å². The van der Waals surface area contributed by atoms with Crippen molar-refractivity contribution in [3.8, 4) is 0 Å². The highest BCUT2D eigenvalue weighted by Crippen LogP contribution is 2.18. The molecule has 0 fully saturated rings. The van der Waals surface area contributed by atoms with Crippen molar-refractivity contribution in [2.45, 2.75) is 374 Å². The quantitative estimate of drug-likeness (QED) is 0.0261. The maximum atomic E-state index is 12.9. The van der Waals surface area contributed by atoms with Crippen LogP contribution in [0, 0.1) is 0 Å². The smallest absolute Gasteiger partial charge is 0.306 e. The van der Waals surface area contributed by atoms with Crippen LogP contribution < -0.4 is 0 Å². The summed E-state index contributed by atoms with van der Waals surface area (Å²) in [6, 6.07) is 0. The lowest BCUT2D eigenvalue weighted by Crippen LogP contribution is -2.30. The lowest BCUT2D eigenvalue weighted by molar-refractivity contribution is -0.167. The number of carbonyl (C=O) groups is 3. The van der Waals surface area contributed by atoms with E-state index >= 15 is 0 Å². The van der Waals surface area contributed by atoms with Crippen LogP contribution in [0.1, 0.15) is 367 Å². The molecule has 1 unspecified atom stereocenters. The number of hydrogen-bond acceptors (Lipinski definition) is 6. The van der Waals surface area contributed by atoms with Gasteiger partial charge in [0.1, 0.15) is 13.2 Å². The first-order valence-electron chi connectivity index (χ1n) is 34.1. The van der Waals surface area contributed by atoms with E-state index in [1.807, 2.05) is 0 Å². The number of ether oxygens (including phenoxy) is 3. The lowest BCUT2D eigenvalue weighted by atomic mass is 10.0. The molecule has 0 amide bonds. The second kappa shape index (κ2) is 65.9. The zero-order valence-corrected chi connectivity index (χ0v) is 51.7. The van der Waals surface area contributed by atoms with Crippen LogP contribution in [0.25, 0.3) is 0 Å². The molecule has 0 aliphatic rings. The summed E-state index contributed by atoms with van der Waals surface area (Å²) in [6.07, 6.45) is 82.7. The lowest BCUT2D eigenvalue weighted by Gasteiger charge is -2.18. The van der Waals surface area contributed by atoms with Crippen LogP contribution in [0.2, 0.25) is 0 Å². The third kappa shape index (κ3) is 64.1. The number of allylic oxidation sites excluding steroid dienone is 8. The van der Waals surface area contributed by atoms with Gasteiger partial charge < -0.3 is 14.2 Å². The molecule has 6 nitrogen and oxygen atoms in total. The topological polar surface area (TPSA) is 78.9 Å². The summed E-state index contributed by atoms with van der Waals surface area (Å²) in [5.74, 6) is -0.860. The van der Waals surface area contributed by atoms with Crippen LogP contribution in [0.15, 0.2) is 48.6 Å². The maximum Gasteiger partial charge on any atom is 0.306 e. The molecule has 0 aromatic heterocycles. The molecule has 0 aliphatic heterocycles. The predicted octanol–water partition coefficient (Wildman–Crippen LogP) is 23.3. The average molecular weight is 1080 g/mol. The second-order valence-corrected chi connectivity index (χ2v) is 23.1. The minimum absolute atomic E-state index is 0.0726. The molecule has 0 radical (unpaired) electrons. The summed E-state index contributed by atoms with van der Waals surface area (Å²) < 4.78 is 17.0. The summed E-state index contributed by atoms with van der Waals surface area (Å²) >= 11 is 0. The molecule has 0 N–H and O–H groups in total. The van der Waals surface area contributed by atoms with Crippen LogP contribution in [-0.2, 0) is 28.6 Å². The number of hydrogen-bond donors (Lipinski definition) is 0. The van der Waals surface area contributed by atoms with Crippen molar-refractivity contribution >= 4 is 17.9 Å². The summed E-state index contributed by atoms with van der Waals surface area (Å²) in [5.41, 5.74) is 0. The van der Waals surface area contributed by atoms with Gasteiger partial charge in [0.15, 0.2) is 6.10 Å². The Morgan fingerprint density at radius 1 is 0.260 bits per heavy atom. The van der Waals surface area contributed by atoms with E-state index in [-0.39, 0.29) is 31.1 Å². The van der Waals surface area contributed by atoms with Crippen LogP contribution >= 0.6 is 0 Å². The zero-order chi connectivity index (χ0) is 55.7. The monoisotopic (exact) mass is 1080 g/mol. The van der Waals surface area contributed by atoms with E-state index < -0.39 is 6.10 Å².